The summed E-state index contributed by atoms with van der Waals surface area (Å²) < 4.78 is 5.30. The highest BCUT2D eigenvalue weighted by Crippen LogP contribution is 2.25. The number of anilines is 1. The molecule has 1 amide bonds. The lowest BCUT2D eigenvalue weighted by Gasteiger charge is -2.15. The number of ether oxygens (including phenoxy) is 1. The van der Waals surface area contributed by atoms with Gasteiger partial charge in [0.25, 0.3) is 0 Å². The van der Waals surface area contributed by atoms with Gasteiger partial charge < -0.3 is 20.7 Å². The molecule has 0 fully saturated rings. The molecule has 28 heavy (non-hydrogen) atoms. The van der Waals surface area contributed by atoms with E-state index in [4.69, 9.17) is 4.74 Å². The van der Waals surface area contributed by atoms with Crippen LogP contribution >= 0.6 is 24.0 Å². The van der Waals surface area contributed by atoms with Gasteiger partial charge in [-0.15, -0.1) is 24.0 Å². The quantitative estimate of drug-likeness (QED) is 0.216. The molecule has 0 atom stereocenters. The molecule has 6 nitrogen and oxygen atoms in total. The molecule has 0 aromatic heterocycles. The van der Waals surface area contributed by atoms with Crippen LogP contribution in [0.15, 0.2) is 34.8 Å². The highest BCUT2D eigenvalue weighted by Gasteiger charge is 2.07. The van der Waals surface area contributed by atoms with E-state index in [1.165, 1.54) is 32.6 Å². The van der Waals surface area contributed by atoms with Crippen LogP contribution in [0, 0.1) is 0 Å². The number of nitrogens with one attached hydrogen (secondary N) is 3. The second-order valence-corrected chi connectivity index (χ2v) is 6.70. The van der Waals surface area contributed by atoms with Gasteiger partial charge in [-0.3, -0.25) is 4.79 Å². The molecule has 0 saturated heterocycles. The zero-order chi connectivity index (χ0) is 19.5. The van der Waals surface area contributed by atoms with Crippen molar-refractivity contribution in [3.63, 3.8) is 0 Å². The Kier molecular flexibility index (Phi) is 11.6. The lowest BCUT2D eigenvalue weighted by atomic mass is 9.97. The summed E-state index contributed by atoms with van der Waals surface area (Å²) in [6.45, 7) is 5.77. The number of rotatable bonds is 8. The number of benzene rings is 1. The van der Waals surface area contributed by atoms with Crippen molar-refractivity contribution >= 4 is 41.5 Å². The van der Waals surface area contributed by atoms with E-state index >= 15 is 0 Å². The minimum Gasteiger partial charge on any atom is -0.495 e. The van der Waals surface area contributed by atoms with Crippen LogP contribution in [0.25, 0.3) is 0 Å². The number of aliphatic imine (C=N–C) groups is 1. The lowest BCUT2D eigenvalue weighted by molar-refractivity contribution is -0.114. The number of carbonyl (C=O) groups excluding carboxylic acids is 1. The number of hydrogen-bond acceptors (Lipinski definition) is 3. The fourth-order valence-corrected chi connectivity index (χ4v) is 3.13. The summed E-state index contributed by atoms with van der Waals surface area (Å²) >= 11 is 0. The zero-order valence-corrected chi connectivity index (χ0v) is 19.5. The summed E-state index contributed by atoms with van der Waals surface area (Å²) in [4.78, 5) is 16.0. The third kappa shape index (κ3) is 8.50. The average molecular weight is 500 g/mol. The molecular weight excluding hydrogens is 467 g/mol. The molecule has 0 bridgehead atoms. The third-order valence-electron chi connectivity index (χ3n) is 4.46. The van der Waals surface area contributed by atoms with Crippen molar-refractivity contribution in [1.29, 1.82) is 0 Å². The summed E-state index contributed by atoms with van der Waals surface area (Å²) in [5.74, 6) is 1.33. The van der Waals surface area contributed by atoms with Crippen molar-refractivity contribution in [1.82, 2.24) is 10.6 Å². The van der Waals surface area contributed by atoms with E-state index in [1.807, 2.05) is 18.2 Å². The van der Waals surface area contributed by atoms with E-state index in [0.29, 0.717) is 18.0 Å². The van der Waals surface area contributed by atoms with Gasteiger partial charge in [0.15, 0.2) is 5.96 Å². The molecule has 2 rings (SSSR count). The number of nitrogens with zero attached hydrogens (tertiary/aromatic N) is 1. The monoisotopic (exact) mass is 500 g/mol. The summed E-state index contributed by atoms with van der Waals surface area (Å²) in [5, 5.41) is 9.49. The van der Waals surface area contributed by atoms with E-state index in [-0.39, 0.29) is 29.9 Å². The predicted molar refractivity (Wildman–Crippen MR) is 127 cm³/mol. The van der Waals surface area contributed by atoms with Gasteiger partial charge in [-0.1, -0.05) is 17.7 Å². The van der Waals surface area contributed by atoms with Gasteiger partial charge >= 0.3 is 0 Å². The Labute approximate surface area is 185 Å². The van der Waals surface area contributed by atoms with Crippen LogP contribution in [0.2, 0.25) is 0 Å². The van der Waals surface area contributed by atoms with E-state index in [9.17, 15) is 4.79 Å². The van der Waals surface area contributed by atoms with Crippen LogP contribution in [0.1, 0.15) is 51.5 Å². The van der Waals surface area contributed by atoms with Crippen molar-refractivity contribution in [3.05, 3.63) is 35.4 Å². The van der Waals surface area contributed by atoms with Crippen molar-refractivity contribution in [3.8, 4) is 5.75 Å². The van der Waals surface area contributed by atoms with Crippen molar-refractivity contribution in [2.45, 2.75) is 52.5 Å². The Morgan fingerprint density at radius 3 is 2.71 bits per heavy atom. The fraction of sp³-hybridized carbons (Fsp3) is 0.524. The number of allylic oxidation sites excluding steroid dienone is 1. The molecule has 156 valence electrons. The summed E-state index contributed by atoms with van der Waals surface area (Å²) in [7, 11) is 1.59. The van der Waals surface area contributed by atoms with E-state index in [0.717, 1.165) is 31.0 Å². The molecule has 1 aromatic rings. The molecule has 0 unspecified atom stereocenters. The normalized spacial score (nSPS) is 13.8. The number of halogens is 1. The molecule has 1 aliphatic rings. The molecule has 0 heterocycles. The van der Waals surface area contributed by atoms with Gasteiger partial charge in [0.05, 0.1) is 19.3 Å². The summed E-state index contributed by atoms with van der Waals surface area (Å²) in [6.07, 6.45) is 8.54. The van der Waals surface area contributed by atoms with Crippen LogP contribution in [-0.4, -0.2) is 32.1 Å². The fourth-order valence-electron chi connectivity index (χ4n) is 3.13. The molecule has 1 aromatic carbocycles. The third-order valence-corrected chi connectivity index (χ3v) is 4.46. The molecule has 1 aliphatic carbocycles. The SMILES string of the molecule is CCNC(=NCc1ccc(OC)c(NC(C)=O)c1)NCCC1=CCCCC1.I. The first-order valence-corrected chi connectivity index (χ1v) is 9.77. The van der Waals surface area contributed by atoms with Gasteiger partial charge in [-0.05, 0) is 56.7 Å². The molecule has 3 N–H and O–H groups in total. The van der Waals surface area contributed by atoms with Gasteiger partial charge in [-0.25, -0.2) is 4.99 Å². The molecule has 7 heteroatoms. The van der Waals surface area contributed by atoms with Crippen LogP contribution in [-0.2, 0) is 11.3 Å². The summed E-state index contributed by atoms with van der Waals surface area (Å²) in [5.41, 5.74) is 3.23. The second-order valence-electron chi connectivity index (χ2n) is 6.70. The molecule has 0 radical (unpaired) electrons. The molecule has 0 spiro atoms. The van der Waals surface area contributed by atoms with Crippen LogP contribution in [0.3, 0.4) is 0 Å². The van der Waals surface area contributed by atoms with Crippen LogP contribution in [0.4, 0.5) is 5.69 Å². The highest BCUT2D eigenvalue weighted by atomic mass is 127. The molecule has 0 saturated carbocycles. The predicted octanol–water partition coefficient (Wildman–Crippen LogP) is 4.22. The maximum absolute atomic E-state index is 11.4. The van der Waals surface area contributed by atoms with Gasteiger partial charge in [-0.2, -0.15) is 0 Å². The minimum absolute atomic E-state index is 0. The van der Waals surface area contributed by atoms with Crippen LogP contribution < -0.4 is 20.7 Å². The maximum atomic E-state index is 11.4. The molecular formula is C21H33IN4O2. The van der Waals surface area contributed by atoms with Crippen molar-refractivity contribution < 1.29 is 9.53 Å². The van der Waals surface area contributed by atoms with Crippen LogP contribution in [0.5, 0.6) is 5.75 Å². The number of hydrogen-bond donors (Lipinski definition) is 3. The Hall–Kier alpha value is -1.77. The van der Waals surface area contributed by atoms with Gasteiger partial charge in [0.1, 0.15) is 5.75 Å². The first-order valence-electron chi connectivity index (χ1n) is 9.77. The van der Waals surface area contributed by atoms with E-state index in [1.54, 1.807) is 12.7 Å². The first kappa shape index (κ1) is 24.3. The Morgan fingerprint density at radius 1 is 1.25 bits per heavy atom. The van der Waals surface area contributed by atoms with Crippen molar-refractivity contribution in [2.24, 2.45) is 4.99 Å². The second kappa shape index (κ2) is 13.4. The number of amides is 1. The minimum atomic E-state index is -0.124. The maximum Gasteiger partial charge on any atom is 0.221 e. The lowest BCUT2D eigenvalue weighted by Crippen LogP contribution is -2.37. The first-order chi connectivity index (χ1) is 13.1. The Bertz CT molecular complexity index is 689. The van der Waals surface area contributed by atoms with Gasteiger partial charge in [0.2, 0.25) is 5.91 Å². The van der Waals surface area contributed by atoms with Gasteiger partial charge in [0, 0.05) is 20.0 Å². The largest absolute Gasteiger partial charge is 0.495 e. The number of methoxy groups -OCH3 is 1. The topological polar surface area (TPSA) is 74.8 Å². The standard InChI is InChI=1S/C21H32N4O2.HI/c1-4-22-21(23-13-12-17-8-6-5-7-9-17)24-15-18-10-11-20(27-3)19(14-18)25-16(2)26;/h8,10-11,14H,4-7,9,12-13,15H2,1-3H3,(H,25,26)(H2,22,23,24);1H. The van der Waals surface area contributed by atoms with E-state index in [2.05, 4.69) is 33.9 Å². The average Bonchev–Trinajstić information content (AvgIpc) is 2.66. The zero-order valence-electron chi connectivity index (χ0n) is 17.1. The molecule has 0 aliphatic heterocycles. The smallest absolute Gasteiger partial charge is 0.221 e. The number of guanidine groups is 1. The Balaban J connectivity index is 0.00000392. The Morgan fingerprint density at radius 2 is 2.07 bits per heavy atom. The highest BCUT2D eigenvalue weighted by molar-refractivity contribution is 14.0. The van der Waals surface area contributed by atoms with Crippen molar-refractivity contribution in [2.75, 3.05) is 25.5 Å². The number of carbonyl (C=O) groups is 1. The summed E-state index contributed by atoms with van der Waals surface area (Å²) in [6, 6.07) is 5.72. The van der Waals surface area contributed by atoms with E-state index < -0.39 is 0 Å².